The number of nitrogens with zero attached hydrogens (tertiary/aromatic N) is 1. The molecule has 0 fully saturated rings. The Hall–Kier alpha value is -3.05. The summed E-state index contributed by atoms with van der Waals surface area (Å²) in [7, 11) is 1.62. The highest BCUT2D eigenvalue weighted by molar-refractivity contribution is 5.97. The smallest absolute Gasteiger partial charge is 0.258 e. The molecule has 1 aromatic heterocycles. The molecule has 5 heteroatoms. The summed E-state index contributed by atoms with van der Waals surface area (Å²) in [4.78, 5) is 14.9. The van der Waals surface area contributed by atoms with E-state index >= 15 is 0 Å². The summed E-state index contributed by atoms with van der Waals surface area (Å²) in [5.41, 5.74) is 1.44. The summed E-state index contributed by atoms with van der Waals surface area (Å²) >= 11 is 0. The minimum absolute atomic E-state index is 0.116. The SMILES string of the molecule is COCCN(Cc1ccoc1)C(=O)c1ccccc1Oc1ccccc1. The maximum absolute atomic E-state index is 13.1. The maximum Gasteiger partial charge on any atom is 0.258 e. The van der Waals surface area contributed by atoms with Crippen molar-refractivity contribution in [1.82, 2.24) is 4.90 Å². The Morgan fingerprint density at radius 3 is 2.54 bits per heavy atom. The maximum atomic E-state index is 13.1. The highest BCUT2D eigenvalue weighted by Gasteiger charge is 2.20. The van der Waals surface area contributed by atoms with Crippen LogP contribution in [0.1, 0.15) is 15.9 Å². The van der Waals surface area contributed by atoms with Crippen LogP contribution in [0, 0.1) is 0 Å². The summed E-state index contributed by atoms with van der Waals surface area (Å²) in [5, 5.41) is 0. The molecule has 3 aromatic rings. The number of rotatable bonds is 8. The molecule has 1 heterocycles. The molecule has 0 aliphatic rings. The number of carbonyl (C=O) groups is 1. The normalized spacial score (nSPS) is 10.5. The van der Waals surface area contributed by atoms with E-state index in [2.05, 4.69) is 0 Å². The van der Waals surface area contributed by atoms with Crippen LogP contribution in [0.15, 0.2) is 77.6 Å². The van der Waals surface area contributed by atoms with Gasteiger partial charge >= 0.3 is 0 Å². The number of benzene rings is 2. The molecule has 5 nitrogen and oxygen atoms in total. The fourth-order valence-corrected chi connectivity index (χ4v) is 2.58. The number of methoxy groups -OCH3 is 1. The van der Waals surface area contributed by atoms with Crippen molar-refractivity contribution in [3.8, 4) is 11.5 Å². The first-order valence-corrected chi connectivity index (χ1v) is 8.39. The molecule has 0 saturated carbocycles. The lowest BCUT2D eigenvalue weighted by Crippen LogP contribution is -2.33. The van der Waals surface area contributed by atoms with Gasteiger partial charge in [0.1, 0.15) is 11.5 Å². The number of amides is 1. The molecule has 0 spiro atoms. The van der Waals surface area contributed by atoms with Crippen molar-refractivity contribution in [2.45, 2.75) is 6.54 Å². The fourth-order valence-electron chi connectivity index (χ4n) is 2.58. The number of hydrogen-bond donors (Lipinski definition) is 0. The van der Waals surface area contributed by atoms with Gasteiger partial charge in [-0.05, 0) is 30.3 Å². The molecule has 0 unspecified atom stereocenters. The lowest BCUT2D eigenvalue weighted by molar-refractivity contribution is 0.0677. The summed E-state index contributed by atoms with van der Waals surface area (Å²) in [6.07, 6.45) is 3.24. The van der Waals surface area contributed by atoms with Gasteiger partial charge in [-0.15, -0.1) is 0 Å². The molecule has 0 radical (unpaired) electrons. The zero-order chi connectivity index (χ0) is 18.2. The van der Waals surface area contributed by atoms with Crippen LogP contribution < -0.4 is 4.74 Å². The van der Waals surface area contributed by atoms with Gasteiger partial charge in [-0.2, -0.15) is 0 Å². The Balaban J connectivity index is 1.84. The summed E-state index contributed by atoms with van der Waals surface area (Å²) in [6, 6.07) is 18.5. The Labute approximate surface area is 152 Å². The van der Waals surface area contributed by atoms with Crippen molar-refractivity contribution in [3.63, 3.8) is 0 Å². The molecule has 26 heavy (non-hydrogen) atoms. The second kappa shape index (κ2) is 8.87. The van der Waals surface area contributed by atoms with Crippen molar-refractivity contribution < 1.29 is 18.7 Å². The molecule has 0 aliphatic carbocycles. The van der Waals surface area contributed by atoms with Crippen LogP contribution >= 0.6 is 0 Å². The van der Waals surface area contributed by atoms with Crippen molar-refractivity contribution in [1.29, 1.82) is 0 Å². The van der Waals surface area contributed by atoms with Gasteiger partial charge in [-0.3, -0.25) is 4.79 Å². The third-order valence-electron chi connectivity index (χ3n) is 3.89. The van der Waals surface area contributed by atoms with E-state index in [1.54, 1.807) is 36.7 Å². The molecule has 0 saturated heterocycles. The number of ether oxygens (including phenoxy) is 2. The Morgan fingerprint density at radius 1 is 1.04 bits per heavy atom. The number of para-hydroxylation sites is 2. The Kier molecular flexibility index (Phi) is 6.06. The first kappa shape index (κ1) is 17.8. The van der Waals surface area contributed by atoms with Gasteiger partial charge in [0, 0.05) is 25.8 Å². The van der Waals surface area contributed by atoms with E-state index < -0.39 is 0 Å². The predicted octanol–water partition coefficient (Wildman–Crippen LogP) is 4.36. The van der Waals surface area contributed by atoms with Crippen molar-refractivity contribution in [2.75, 3.05) is 20.3 Å². The van der Waals surface area contributed by atoms with Gasteiger partial charge in [-0.1, -0.05) is 30.3 Å². The first-order valence-electron chi connectivity index (χ1n) is 8.39. The molecule has 0 aliphatic heterocycles. The average Bonchev–Trinajstić information content (AvgIpc) is 3.19. The van der Waals surface area contributed by atoms with Crippen LogP contribution in [0.2, 0.25) is 0 Å². The summed E-state index contributed by atoms with van der Waals surface area (Å²) in [5.74, 6) is 1.10. The van der Waals surface area contributed by atoms with Gasteiger partial charge in [0.05, 0.1) is 24.7 Å². The standard InChI is InChI=1S/C21H21NO4/c1-24-14-12-22(15-17-11-13-25-16-17)21(23)19-9-5-6-10-20(19)26-18-7-3-2-4-8-18/h2-11,13,16H,12,14-15H2,1H3. The quantitative estimate of drug-likeness (QED) is 0.605. The van der Waals surface area contributed by atoms with Gasteiger partial charge in [0.25, 0.3) is 5.91 Å². The molecule has 2 aromatic carbocycles. The third kappa shape index (κ3) is 4.52. The molecule has 0 N–H and O–H groups in total. The van der Waals surface area contributed by atoms with Gasteiger partial charge < -0.3 is 18.8 Å². The topological polar surface area (TPSA) is 51.9 Å². The third-order valence-corrected chi connectivity index (χ3v) is 3.89. The molecule has 0 bridgehead atoms. The van der Waals surface area contributed by atoms with Crippen molar-refractivity contribution in [2.24, 2.45) is 0 Å². The molecule has 134 valence electrons. The molecule has 0 atom stereocenters. The monoisotopic (exact) mass is 351 g/mol. The lowest BCUT2D eigenvalue weighted by Gasteiger charge is -2.23. The van der Waals surface area contributed by atoms with E-state index in [0.29, 0.717) is 36.8 Å². The zero-order valence-electron chi connectivity index (χ0n) is 14.6. The van der Waals surface area contributed by atoms with E-state index in [9.17, 15) is 4.79 Å². The van der Waals surface area contributed by atoms with Crippen LogP contribution in [0.3, 0.4) is 0 Å². The fraction of sp³-hybridized carbons (Fsp3) is 0.190. The first-order chi connectivity index (χ1) is 12.8. The van der Waals surface area contributed by atoms with E-state index in [1.165, 1.54) is 0 Å². The Morgan fingerprint density at radius 2 is 1.81 bits per heavy atom. The van der Waals surface area contributed by atoms with Crippen LogP contribution in [0.4, 0.5) is 0 Å². The lowest BCUT2D eigenvalue weighted by atomic mass is 10.1. The zero-order valence-corrected chi connectivity index (χ0v) is 14.6. The van der Waals surface area contributed by atoms with Crippen LogP contribution in [0.25, 0.3) is 0 Å². The average molecular weight is 351 g/mol. The molecular weight excluding hydrogens is 330 g/mol. The summed E-state index contributed by atoms with van der Waals surface area (Å²) < 4.78 is 16.2. The Bertz CT molecular complexity index is 815. The van der Waals surface area contributed by atoms with E-state index in [1.807, 2.05) is 48.5 Å². The van der Waals surface area contributed by atoms with E-state index in [-0.39, 0.29) is 5.91 Å². The van der Waals surface area contributed by atoms with Gasteiger partial charge in [0.2, 0.25) is 0 Å². The van der Waals surface area contributed by atoms with Gasteiger partial charge in [-0.25, -0.2) is 0 Å². The molecular formula is C21H21NO4. The van der Waals surface area contributed by atoms with E-state index in [4.69, 9.17) is 13.9 Å². The molecule has 1 amide bonds. The second-order valence-electron chi connectivity index (χ2n) is 5.76. The van der Waals surface area contributed by atoms with Crippen LogP contribution in [-0.4, -0.2) is 31.1 Å². The minimum atomic E-state index is -0.116. The highest BCUT2D eigenvalue weighted by atomic mass is 16.5. The van der Waals surface area contributed by atoms with Crippen molar-refractivity contribution in [3.05, 3.63) is 84.3 Å². The van der Waals surface area contributed by atoms with E-state index in [0.717, 1.165) is 5.56 Å². The van der Waals surface area contributed by atoms with Crippen molar-refractivity contribution >= 4 is 5.91 Å². The molecule has 3 rings (SSSR count). The van der Waals surface area contributed by atoms with Gasteiger partial charge in [0.15, 0.2) is 0 Å². The predicted molar refractivity (Wildman–Crippen MR) is 98.3 cm³/mol. The number of carbonyl (C=O) groups excluding carboxylic acids is 1. The van der Waals surface area contributed by atoms with Crippen LogP contribution in [-0.2, 0) is 11.3 Å². The number of hydrogen-bond acceptors (Lipinski definition) is 4. The highest BCUT2D eigenvalue weighted by Crippen LogP contribution is 2.26. The number of furan rings is 1. The largest absolute Gasteiger partial charge is 0.472 e. The second-order valence-corrected chi connectivity index (χ2v) is 5.76. The van der Waals surface area contributed by atoms with Crippen LogP contribution in [0.5, 0.6) is 11.5 Å². The summed E-state index contributed by atoms with van der Waals surface area (Å²) in [6.45, 7) is 1.36. The minimum Gasteiger partial charge on any atom is -0.472 e.